The van der Waals surface area contributed by atoms with Gasteiger partial charge in [-0.1, -0.05) is 11.6 Å². The first kappa shape index (κ1) is 11.2. The molecule has 0 unspecified atom stereocenters. The Morgan fingerprint density at radius 3 is 2.72 bits per heavy atom. The molecule has 1 aliphatic heterocycles. The number of carbonyl (C=O) groups is 1. The molecule has 1 aromatic heterocycles. The Labute approximate surface area is 106 Å². The van der Waals surface area contributed by atoms with Crippen LogP contribution in [0.2, 0.25) is 0 Å². The monoisotopic (exact) mass is 240 g/mol. The molecule has 18 heavy (non-hydrogen) atoms. The van der Waals surface area contributed by atoms with Crippen LogP contribution in [0, 0.1) is 6.92 Å². The molecule has 0 spiro atoms. The van der Waals surface area contributed by atoms with E-state index in [0.29, 0.717) is 5.56 Å². The lowest BCUT2D eigenvalue weighted by molar-refractivity contribution is 0.112. The van der Waals surface area contributed by atoms with E-state index < -0.39 is 0 Å². The molecule has 0 atom stereocenters. The first-order chi connectivity index (χ1) is 8.78. The minimum atomic E-state index is 0.704. The van der Waals surface area contributed by atoms with Gasteiger partial charge < -0.3 is 4.90 Å². The van der Waals surface area contributed by atoms with E-state index in [1.54, 1.807) is 0 Å². The summed E-state index contributed by atoms with van der Waals surface area (Å²) >= 11 is 0. The Kier molecular flexibility index (Phi) is 2.74. The van der Waals surface area contributed by atoms with E-state index in [-0.39, 0.29) is 0 Å². The van der Waals surface area contributed by atoms with Gasteiger partial charge in [0, 0.05) is 18.5 Å². The maximum Gasteiger partial charge on any atom is 0.153 e. The topological polar surface area (TPSA) is 33.2 Å². The van der Waals surface area contributed by atoms with E-state index in [1.165, 1.54) is 18.4 Å². The summed E-state index contributed by atoms with van der Waals surface area (Å²) in [4.78, 5) is 18.1. The maximum atomic E-state index is 11.2. The first-order valence-electron chi connectivity index (χ1n) is 6.39. The molecule has 1 fully saturated rings. The van der Waals surface area contributed by atoms with E-state index in [4.69, 9.17) is 0 Å². The summed E-state index contributed by atoms with van der Waals surface area (Å²) in [5, 5.41) is 1.04. The molecular weight excluding hydrogens is 224 g/mol. The second-order valence-electron chi connectivity index (χ2n) is 4.91. The van der Waals surface area contributed by atoms with Crippen molar-refractivity contribution in [1.29, 1.82) is 0 Å². The fourth-order valence-corrected chi connectivity index (χ4v) is 2.57. The van der Waals surface area contributed by atoms with Gasteiger partial charge in [-0.2, -0.15) is 0 Å². The third kappa shape index (κ3) is 1.86. The Morgan fingerprint density at radius 1 is 1.22 bits per heavy atom. The van der Waals surface area contributed by atoms with Crippen molar-refractivity contribution < 1.29 is 4.79 Å². The zero-order chi connectivity index (χ0) is 12.5. The lowest BCUT2D eigenvalue weighted by Gasteiger charge is -2.18. The van der Waals surface area contributed by atoms with E-state index in [9.17, 15) is 4.79 Å². The average molecular weight is 240 g/mol. The van der Waals surface area contributed by atoms with Crippen LogP contribution in [0.4, 0.5) is 5.82 Å². The van der Waals surface area contributed by atoms with Crippen molar-refractivity contribution >= 4 is 23.0 Å². The van der Waals surface area contributed by atoms with Crippen molar-refractivity contribution in [3.63, 3.8) is 0 Å². The predicted octanol–water partition coefficient (Wildman–Crippen LogP) is 2.96. The summed E-state index contributed by atoms with van der Waals surface area (Å²) in [6.07, 6.45) is 3.29. The van der Waals surface area contributed by atoms with E-state index in [1.807, 2.05) is 12.1 Å². The zero-order valence-electron chi connectivity index (χ0n) is 10.5. The van der Waals surface area contributed by atoms with Gasteiger partial charge in [0.2, 0.25) is 0 Å². The highest BCUT2D eigenvalue weighted by Gasteiger charge is 2.17. The van der Waals surface area contributed by atoms with Crippen molar-refractivity contribution in [2.24, 2.45) is 0 Å². The molecule has 1 aromatic carbocycles. The Bertz CT molecular complexity index is 601. The molecule has 0 saturated carbocycles. The summed E-state index contributed by atoms with van der Waals surface area (Å²) in [5.74, 6) is 0.846. The number of pyridine rings is 1. The van der Waals surface area contributed by atoms with Crippen LogP contribution < -0.4 is 4.90 Å². The quantitative estimate of drug-likeness (QED) is 0.757. The van der Waals surface area contributed by atoms with Gasteiger partial charge in [0.15, 0.2) is 6.29 Å². The Morgan fingerprint density at radius 2 is 2.00 bits per heavy atom. The number of aromatic nitrogens is 1. The summed E-state index contributed by atoms with van der Waals surface area (Å²) in [7, 11) is 0. The molecule has 2 aromatic rings. The van der Waals surface area contributed by atoms with Crippen molar-refractivity contribution in [3.8, 4) is 0 Å². The lowest BCUT2D eigenvalue weighted by atomic mass is 10.1. The minimum Gasteiger partial charge on any atom is -0.356 e. The SMILES string of the molecule is Cc1ccc2nc(N3CCCC3)c(C=O)cc2c1. The zero-order valence-corrected chi connectivity index (χ0v) is 10.5. The molecular formula is C15H16N2O. The van der Waals surface area contributed by atoms with Crippen LogP contribution in [0.1, 0.15) is 28.8 Å². The molecule has 3 rings (SSSR count). The van der Waals surface area contributed by atoms with Crippen LogP contribution in [-0.4, -0.2) is 24.4 Å². The Balaban J connectivity index is 2.17. The second-order valence-corrected chi connectivity index (χ2v) is 4.91. The summed E-state index contributed by atoms with van der Waals surface area (Å²) in [6.45, 7) is 4.06. The molecule has 0 bridgehead atoms. The van der Waals surface area contributed by atoms with Gasteiger partial charge in [0.1, 0.15) is 5.82 Å². The number of aldehydes is 1. The summed E-state index contributed by atoms with van der Waals surface area (Å²) in [5.41, 5.74) is 2.86. The molecule has 2 heterocycles. The van der Waals surface area contributed by atoms with Crippen molar-refractivity contribution in [2.45, 2.75) is 19.8 Å². The number of anilines is 1. The average Bonchev–Trinajstić information content (AvgIpc) is 2.90. The molecule has 3 nitrogen and oxygen atoms in total. The smallest absolute Gasteiger partial charge is 0.153 e. The maximum absolute atomic E-state index is 11.2. The number of fused-ring (bicyclic) bond motifs is 1. The van der Waals surface area contributed by atoms with E-state index in [2.05, 4.69) is 28.9 Å². The van der Waals surface area contributed by atoms with E-state index in [0.717, 1.165) is 36.1 Å². The summed E-state index contributed by atoms with van der Waals surface area (Å²) in [6, 6.07) is 8.11. The molecule has 0 N–H and O–H groups in total. The van der Waals surface area contributed by atoms with Crippen molar-refractivity contribution in [3.05, 3.63) is 35.4 Å². The number of hydrogen-bond acceptors (Lipinski definition) is 3. The van der Waals surface area contributed by atoms with Gasteiger partial charge in [-0.05, 0) is 38.0 Å². The van der Waals surface area contributed by atoms with Gasteiger partial charge in [0.25, 0.3) is 0 Å². The molecule has 0 radical (unpaired) electrons. The number of rotatable bonds is 2. The van der Waals surface area contributed by atoms with Crippen molar-refractivity contribution in [2.75, 3.05) is 18.0 Å². The molecule has 0 amide bonds. The van der Waals surface area contributed by atoms with Gasteiger partial charge in [-0.3, -0.25) is 4.79 Å². The molecule has 1 saturated heterocycles. The molecule has 0 aliphatic carbocycles. The minimum absolute atomic E-state index is 0.704. The first-order valence-corrected chi connectivity index (χ1v) is 6.39. The van der Waals surface area contributed by atoms with Crippen LogP contribution in [0.5, 0.6) is 0 Å². The number of nitrogens with zero attached hydrogens (tertiary/aromatic N) is 2. The third-order valence-electron chi connectivity index (χ3n) is 3.51. The van der Waals surface area contributed by atoms with Gasteiger partial charge in [0.05, 0.1) is 11.1 Å². The molecule has 92 valence electrons. The third-order valence-corrected chi connectivity index (χ3v) is 3.51. The number of benzene rings is 1. The Hall–Kier alpha value is -1.90. The normalized spacial score (nSPS) is 15.3. The highest BCUT2D eigenvalue weighted by atomic mass is 16.1. The van der Waals surface area contributed by atoms with Crippen LogP contribution in [0.25, 0.3) is 10.9 Å². The van der Waals surface area contributed by atoms with Gasteiger partial charge in [-0.15, -0.1) is 0 Å². The van der Waals surface area contributed by atoms with Crippen molar-refractivity contribution in [1.82, 2.24) is 4.98 Å². The number of hydrogen-bond donors (Lipinski definition) is 0. The van der Waals surface area contributed by atoms with Gasteiger partial charge >= 0.3 is 0 Å². The fraction of sp³-hybridized carbons (Fsp3) is 0.333. The summed E-state index contributed by atoms with van der Waals surface area (Å²) < 4.78 is 0. The predicted molar refractivity (Wildman–Crippen MR) is 73.3 cm³/mol. The number of carbonyl (C=O) groups excluding carboxylic acids is 1. The molecule has 3 heteroatoms. The highest BCUT2D eigenvalue weighted by molar-refractivity contribution is 5.92. The largest absolute Gasteiger partial charge is 0.356 e. The lowest BCUT2D eigenvalue weighted by Crippen LogP contribution is -2.20. The van der Waals surface area contributed by atoms with Crippen LogP contribution >= 0.6 is 0 Å². The number of aryl methyl sites for hydroxylation is 1. The van der Waals surface area contributed by atoms with Crippen LogP contribution in [-0.2, 0) is 0 Å². The van der Waals surface area contributed by atoms with E-state index >= 15 is 0 Å². The second kappa shape index (κ2) is 4.41. The van der Waals surface area contributed by atoms with Crippen LogP contribution in [0.3, 0.4) is 0 Å². The fourth-order valence-electron chi connectivity index (χ4n) is 2.57. The molecule has 1 aliphatic rings. The highest BCUT2D eigenvalue weighted by Crippen LogP contribution is 2.25. The van der Waals surface area contributed by atoms with Gasteiger partial charge in [-0.25, -0.2) is 4.98 Å². The standard InChI is InChI=1S/C15H16N2O/c1-11-4-5-14-12(8-11)9-13(10-18)15(16-14)17-6-2-3-7-17/h4-5,8-10H,2-3,6-7H2,1H3. The van der Waals surface area contributed by atoms with Crippen LogP contribution in [0.15, 0.2) is 24.3 Å².